The molecule has 0 unspecified atom stereocenters. The molecule has 2 aromatic rings. The van der Waals surface area contributed by atoms with Gasteiger partial charge < -0.3 is 9.42 Å². The molecular formula is C16H23N5O2. The summed E-state index contributed by atoms with van der Waals surface area (Å²) in [5, 5.41) is 8.14. The van der Waals surface area contributed by atoms with Gasteiger partial charge in [-0.3, -0.25) is 9.48 Å². The van der Waals surface area contributed by atoms with E-state index < -0.39 is 0 Å². The molecule has 2 aromatic heterocycles. The number of piperidine rings is 1. The predicted molar refractivity (Wildman–Crippen MR) is 83.7 cm³/mol. The van der Waals surface area contributed by atoms with Crippen LogP contribution in [0.25, 0.3) is 0 Å². The standard InChI is InChI=1S/C16H23N5O2/c1-3-4-8-14-18-15(23-19-14)13-7-5-6-9-21(13)16(22)12-10-17-20(2)11-12/h10-11,13H,3-9H2,1-2H3/t13-/m0/s1. The molecule has 0 aromatic carbocycles. The molecule has 23 heavy (non-hydrogen) atoms. The smallest absolute Gasteiger partial charge is 0.257 e. The summed E-state index contributed by atoms with van der Waals surface area (Å²) >= 11 is 0. The minimum absolute atomic E-state index is 0.0175. The van der Waals surface area contributed by atoms with Gasteiger partial charge in [0.2, 0.25) is 5.89 Å². The van der Waals surface area contributed by atoms with E-state index in [2.05, 4.69) is 22.2 Å². The van der Waals surface area contributed by atoms with E-state index in [0.717, 1.165) is 44.3 Å². The van der Waals surface area contributed by atoms with E-state index in [1.807, 2.05) is 11.9 Å². The molecule has 124 valence electrons. The lowest BCUT2D eigenvalue weighted by Gasteiger charge is -2.33. The fourth-order valence-corrected chi connectivity index (χ4v) is 2.97. The van der Waals surface area contributed by atoms with Crippen molar-refractivity contribution < 1.29 is 9.32 Å². The van der Waals surface area contributed by atoms with Crippen LogP contribution in [0.2, 0.25) is 0 Å². The molecular weight excluding hydrogens is 294 g/mol. The van der Waals surface area contributed by atoms with Crippen molar-refractivity contribution >= 4 is 5.91 Å². The average Bonchev–Trinajstić information content (AvgIpc) is 3.21. The number of aromatic nitrogens is 4. The van der Waals surface area contributed by atoms with Gasteiger partial charge in [0.1, 0.15) is 6.04 Å². The van der Waals surface area contributed by atoms with Gasteiger partial charge in [0, 0.05) is 26.2 Å². The minimum Gasteiger partial charge on any atom is -0.337 e. The van der Waals surface area contributed by atoms with Crippen LogP contribution in [0.15, 0.2) is 16.9 Å². The number of hydrogen-bond acceptors (Lipinski definition) is 5. The molecule has 1 amide bonds. The highest BCUT2D eigenvalue weighted by atomic mass is 16.5. The largest absolute Gasteiger partial charge is 0.337 e. The van der Waals surface area contributed by atoms with Crippen LogP contribution in [0.3, 0.4) is 0 Å². The summed E-state index contributed by atoms with van der Waals surface area (Å²) in [5.74, 6) is 1.28. The number of amides is 1. The van der Waals surface area contributed by atoms with Crippen molar-refractivity contribution in [2.24, 2.45) is 7.05 Å². The Morgan fingerprint density at radius 3 is 3.04 bits per heavy atom. The van der Waals surface area contributed by atoms with Crippen LogP contribution in [-0.4, -0.2) is 37.3 Å². The summed E-state index contributed by atoms with van der Waals surface area (Å²) in [5.41, 5.74) is 0.602. The SMILES string of the molecule is CCCCc1noc([C@@H]2CCCCN2C(=O)c2cnn(C)c2)n1. The fraction of sp³-hybridized carbons (Fsp3) is 0.625. The van der Waals surface area contributed by atoms with Crippen LogP contribution >= 0.6 is 0 Å². The first-order valence-electron chi connectivity index (χ1n) is 8.31. The van der Waals surface area contributed by atoms with Gasteiger partial charge in [0.15, 0.2) is 5.82 Å². The van der Waals surface area contributed by atoms with Gasteiger partial charge >= 0.3 is 0 Å². The lowest BCUT2D eigenvalue weighted by molar-refractivity contribution is 0.0561. The zero-order valence-corrected chi connectivity index (χ0v) is 13.7. The highest BCUT2D eigenvalue weighted by molar-refractivity contribution is 5.94. The maximum absolute atomic E-state index is 12.8. The van der Waals surface area contributed by atoms with Crippen molar-refractivity contribution in [2.75, 3.05) is 6.54 Å². The van der Waals surface area contributed by atoms with Gasteiger partial charge in [-0.1, -0.05) is 18.5 Å². The topological polar surface area (TPSA) is 77.0 Å². The van der Waals surface area contributed by atoms with Gasteiger partial charge in [-0.2, -0.15) is 10.1 Å². The second kappa shape index (κ2) is 6.93. The van der Waals surface area contributed by atoms with E-state index >= 15 is 0 Å². The normalized spacial score (nSPS) is 18.3. The summed E-state index contributed by atoms with van der Waals surface area (Å²) < 4.78 is 7.09. The molecule has 1 saturated heterocycles. The zero-order valence-electron chi connectivity index (χ0n) is 13.7. The highest BCUT2D eigenvalue weighted by Crippen LogP contribution is 2.31. The van der Waals surface area contributed by atoms with E-state index in [-0.39, 0.29) is 11.9 Å². The number of carbonyl (C=O) groups is 1. The van der Waals surface area contributed by atoms with Crippen LogP contribution < -0.4 is 0 Å². The maximum Gasteiger partial charge on any atom is 0.257 e. The quantitative estimate of drug-likeness (QED) is 0.847. The van der Waals surface area contributed by atoms with Crippen LogP contribution in [0, 0.1) is 0 Å². The number of aryl methyl sites for hydroxylation is 2. The molecule has 7 nitrogen and oxygen atoms in total. The van der Waals surface area contributed by atoms with E-state index in [1.165, 1.54) is 0 Å². The third kappa shape index (κ3) is 3.43. The second-order valence-corrected chi connectivity index (χ2v) is 6.07. The van der Waals surface area contributed by atoms with E-state index in [0.29, 0.717) is 18.0 Å². The lowest BCUT2D eigenvalue weighted by atomic mass is 10.0. The first-order chi connectivity index (χ1) is 11.2. The predicted octanol–water partition coefficient (Wildman–Crippen LogP) is 2.51. The molecule has 0 N–H and O–H groups in total. The minimum atomic E-state index is -0.126. The molecule has 3 rings (SSSR count). The monoisotopic (exact) mass is 317 g/mol. The number of nitrogens with zero attached hydrogens (tertiary/aromatic N) is 5. The molecule has 0 spiro atoms. The summed E-state index contributed by atoms with van der Waals surface area (Å²) in [4.78, 5) is 19.1. The Kier molecular flexibility index (Phi) is 4.73. The lowest BCUT2D eigenvalue weighted by Crippen LogP contribution is -2.38. The van der Waals surface area contributed by atoms with E-state index in [1.54, 1.807) is 17.1 Å². The van der Waals surface area contributed by atoms with Crippen molar-refractivity contribution in [2.45, 2.75) is 51.5 Å². The Bertz CT molecular complexity index is 663. The van der Waals surface area contributed by atoms with Gasteiger partial charge in [-0.15, -0.1) is 0 Å². The number of carbonyl (C=O) groups excluding carboxylic acids is 1. The molecule has 0 aliphatic carbocycles. The Morgan fingerprint density at radius 1 is 1.43 bits per heavy atom. The third-order valence-corrected chi connectivity index (χ3v) is 4.24. The first-order valence-corrected chi connectivity index (χ1v) is 8.31. The molecule has 1 atom stereocenters. The van der Waals surface area contributed by atoms with Crippen molar-refractivity contribution in [3.8, 4) is 0 Å². The summed E-state index contributed by atoms with van der Waals surface area (Å²) in [7, 11) is 1.81. The first kappa shape index (κ1) is 15.7. The third-order valence-electron chi connectivity index (χ3n) is 4.24. The van der Waals surface area contributed by atoms with E-state index in [4.69, 9.17) is 4.52 Å². The maximum atomic E-state index is 12.8. The van der Waals surface area contributed by atoms with Gasteiger partial charge in [-0.05, 0) is 25.7 Å². The van der Waals surface area contributed by atoms with Crippen molar-refractivity contribution in [1.82, 2.24) is 24.8 Å². The Balaban J connectivity index is 1.78. The average molecular weight is 317 g/mol. The molecule has 0 bridgehead atoms. The second-order valence-electron chi connectivity index (χ2n) is 6.07. The number of rotatable bonds is 5. The Hall–Kier alpha value is -2.18. The summed E-state index contributed by atoms with van der Waals surface area (Å²) in [6, 6.07) is -0.126. The fourth-order valence-electron chi connectivity index (χ4n) is 2.97. The molecule has 1 aliphatic heterocycles. The number of unbranched alkanes of at least 4 members (excludes halogenated alkanes) is 1. The summed E-state index contributed by atoms with van der Waals surface area (Å²) in [6.45, 7) is 2.85. The van der Waals surface area contributed by atoms with Crippen LogP contribution in [0.4, 0.5) is 0 Å². The van der Waals surface area contributed by atoms with Gasteiger partial charge in [0.25, 0.3) is 5.91 Å². The number of likely N-dealkylation sites (tertiary alicyclic amines) is 1. The van der Waals surface area contributed by atoms with Crippen LogP contribution in [0.5, 0.6) is 0 Å². The molecule has 1 fully saturated rings. The molecule has 1 aliphatic rings. The van der Waals surface area contributed by atoms with Crippen molar-refractivity contribution in [1.29, 1.82) is 0 Å². The van der Waals surface area contributed by atoms with Gasteiger partial charge in [-0.25, -0.2) is 0 Å². The molecule has 3 heterocycles. The highest BCUT2D eigenvalue weighted by Gasteiger charge is 2.33. The molecule has 0 saturated carbocycles. The van der Waals surface area contributed by atoms with Crippen LogP contribution in [0.1, 0.15) is 67.1 Å². The Morgan fingerprint density at radius 2 is 2.30 bits per heavy atom. The molecule has 0 radical (unpaired) electrons. The van der Waals surface area contributed by atoms with Crippen molar-refractivity contribution in [3.63, 3.8) is 0 Å². The van der Waals surface area contributed by atoms with Crippen LogP contribution in [-0.2, 0) is 13.5 Å². The number of hydrogen-bond donors (Lipinski definition) is 0. The summed E-state index contributed by atoms with van der Waals surface area (Å²) in [6.07, 6.45) is 9.24. The van der Waals surface area contributed by atoms with Crippen molar-refractivity contribution in [3.05, 3.63) is 29.7 Å². The zero-order chi connectivity index (χ0) is 16.2. The Labute approximate surface area is 135 Å². The van der Waals surface area contributed by atoms with E-state index in [9.17, 15) is 4.79 Å². The van der Waals surface area contributed by atoms with Gasteiger partial charge in [0.05, 0.1) is 11.8 Å². The molecule has 7 heteroatoms.